The molecule has 0 bridgehead atoms. The maximum Gasteiger partial charge on any atom is 0.261 e. The average molecular weight is 387 g/mol. The Kier molecular flexibility index (Phi) is 5.48. The number of benzene rings is 2. The van der Waals surface area contributed by atoms with E-state index >= 15 is 0 Å². The highest BCUT2D eigenvalue weighted by Gasteiger charge is 2.18. The molecule has 0 aliphatic heterocycles. The van der Waals surface area contributed by atoms with Crippen molar-refractivity contribution in [2.24, 2.45) is 0 Å². The lowest BCUT2D eigenvalue weighted by Gasteiger charge is -2.14. The van der Waals surface area contributed by atoms with Gasteiger partial charge in [0.05, 0.1) is 20.6 Å². The van der Waals surface area contributed by atoms with Crippen LogP contribution in [0.1, 0.15) is 11.1 Å². The van der Waals surface area contributed by atoms with E-state index in [2.05, 4.69) is 4.72 Å². The molecule has 2 aromatic rings. The molecular weight excluding hydrogens is 375 g/mol. The van der Waals surface area contributed by atoms with Crippen LogP contribution in [0.15, 0.2) is 40.1 Å². The minimum atomic E-state index is -3.79. The van der Waals surface area contributed by atoms with E-state index in [1.165, 1.54) is 18.2 Å². The normalized spacial score (nSPS) is 11.1. The molecule has 0 atom stereocenters. The van der Waals surface area contributed by atoms with Crippen molar-refractivity contribution < 1.29 is 8.42 Å². The molecule has 0 unspecified atom stereocenters. The third kappa shape index (κ3) is 4.12. The highest BCUT2D eigenvalue weighted by atomic mass is 35.5. The van der Waals surface area contributed by atoms with Crippen molar-refractivity contribution in [3.8, 4) is 5.40 Å². The predicted octanol–water partition coefficient (Wildman–Crippen LogP) is 4.98. The number of nitrogens with zero attached hydrogens (tertiary/aromatic N) is 1. The van der Waals surface area contributed by atoms with Crippen LogP contribution in [-0.4, -0.2) is 8.42 Å². The monoisotopic (exact) mass is 386 g/mol. The van der Waals surface area contributed by atoms with Gasteiger partial charge in [-0.2, -0.15) is 5.26 Å². The molecule has 0 radical (unpaired) electrons. The second kappa shape index (κ2) is 7.02. The zero-order valence-electron chi connectivity index (χ0n) is 12.2. The summed E-state index contributed by atoms with van der Waals surface area (Å²) in [6, 6.07) is 7.64. The van der Waals surface area contributed by atoms with E-state index in [0.29, 0.717) is 5.69 Å². The Labute approximate surface area is 149 Å². The minimum absolute atomic E-state index is 0.0289. The number of hydrogen-bond acceptors (Lipinski definition) is 4. The summed E-state index contributed by atoms with van der Waals surface area (Å²) >= 11 is 12.7. The highest BCUT2D eigenvalue weighted by Crippen LogP contribution is 2.30. The number of nitrogens with one attached hydrogen (secondary N) is 1. The number of rotatable bonds is 4. The quantitative estimate of drug-likeness (QED) is 0.593. The van der Waals surface area contributed by atoms with E-state index in [1.807, 2.05) is 5.40 Å². The molecule has 0 saturated heterocycles. The molecule has 0 aliphatic rings. The first-order chi connectivity index (χ1) is 10.7. The lowest BCUT2D eigenvalue weighted by molar-refractivity contribution is 0.601. The van der Waals surface area contributed by atoms with Crippen LogP contribution in [0.3, 0.4) is 0 Å². The van der Waals surface area contributed by atoms with Gasteiger partial charge in [0.25, 0.3) is 10.0 Å². The summed E-state index contributed by atoms with van der Waals surface area (Å²) in [6.07, 6.45) is 0. The zero-order valence-corrected chi connectivity index (χ0v) is 15.4. The van der Waals surface area contributed by atoms with Crippen molar-refractivity contribution in [2.75, 3.05) is 4.72 Å². The molecule has 2 rings (SSSR count). The van der Waals surface area contributed by atoms with Gasteiger partial charge in [0.2, 0.25) is 0 Å². The largest absolute Gasteiger partial charge is 0.279 e. The fourth-order valence-electron chi connectivity index (χ4n) is 2.03. The van der Waals surface area contributed by atoms with Crippen LogP contribution in [-0.2, 0) is 10.0 Å². The van der Waals surface area contributed by atoms with Gasteiger partial charge in [0.15, 0.2) is 0 Å². The Hall–Kier alpha value is -1.39. The minimum Gasteiger partial charge on any atom is -0.279 e. The smallest absolute Gasteiger partial charge is 0.261 e. The van der Waals surface area contributed by atoms with Crippen molar-refractivity contribution in [1.29, 1.82) is 5.26 Å². The molecule has 0 spiro atoms. The van der Waals surface area contributed by atoms with Gasteiger partial charge in [-0.05, 0) is 67.1 Å². The predicted molar refractivity (Wildman–Crippen MR) is 94.7 cm³/mol. The maximum atomic E-state index is 12.5. The van der Waals surface area contributed by atoms with Gasteiger partial charge < -0.3 is 0 Å². The third-order valence-corrected chi connectivity index (χ3v) is 5.76. The number of halogens is 2. The number of thioether (sulfide) groups is 1. The third-order valence-electron chi connectivity index (χ3n) is 3.11. The molecule has 1 N–H and O–H groups in total. The van der Waals surface area contributed by atoms with Crippen LogP contribution in [0.2, 0.25) is 10.0 Å². The van der Waals surface area contributed by atoms with Crippen molar-refractivity contribution in [2.45, 2.75) is 23.6 Å². The summed E-state index contributed by atoms with van der Waals surface area (Å²) in [6.45, 7) is 3.56. The molecule has 23 heavy (non-hydrogen) atoms. The molecule has 2 aromatic carbocycles. The van der Waals surface area contributed by atoms with Crippen LogP contribution in [0.5, 0.6) is 0 Å². The first kappa shape index (κ1) is 18.0. The van der Waals surface area contributed by atoms with Crippen LogP contribution in [0.25, 0.3) is 0 Å². The van der Waals surface area contributed by atoms with E-state index in [1.54, 1.807) is 26.0 Å². The number of thiocyanates is 1. The second-order valence-electron chi connectivity index (χ2n) is 4.81. The van der Waals surface area contributed by atoms with E-state index in [0.717, 1.165) is 27.8 Å². The molecule has 0 aliphatic carbocycles. The SMILES string of the molecule is Cc1cc(SC#N)cc(C)c1NS(=O)(=O)c1ccc(Cl)c(Cl)c1. The van der Waals surface area contributed by atoms with Gasteiger partial charge in [-0.15, -0.1) is 0 Å². The van der Waals surface area contributed by atoms with Gasteiger partial charge in [-0.25, -0.2) is 8.42 Å². The lowest BCUT2D eigenvalue weighted by Crippen LogP contribution is -2.14. The molecule has 0 fully saturated rings. The Morgan fingerprint density at radius 2 is 1.70 bits per heavy atom. The molecule has 8 heteroatoms. The zero-order chi connectivity index (χ0) is 17.2. The molecule has 0 aromatic heterocycles. The van der Waals surface area contributed by atoms with Crippen molar-refractivity contribution >= 4 is 50.7 Å². The van der Waals surface area contributed by atoms with Crippen molar-refractivity contribution in [3.05, 3.63) is 51.5 Å². The van der Waals surface area contributed by atoms with Gasteiger partial charge in [0.1, 0.15) is 5.40 Å². The van der Waals surface area contributed by atoms with Crippen LogP contribution >= 0.6 is 35.0 Å². The summed E-state index contributed by atoms with van der Waals surface area (Å²) in [5.74, 6) is 0. The van der Waals surface area contributed by atoms with Crippen LogP contribution in [0.4, 0.5) is 5.69 Å². The average Bonchev–Trinajstić information content (AvgIpc) is 2.46. The summed E-state index contributed by atoms with van der Waals surface area (Å²) in [4.78, 5) is 0.793. The Balaban J connectivity index is 2.41. The summed E-state index contributed by atoms with van der Waals surface area (Å²) in [7, 11) is -3.79. The van der Waals surface area contributed by atoms with Gasteiger partial charge in [-0.3, -0.25) is 4.72 Å². The summed E-state index contributed by atoms with van der Waals surface area (Å²) in [5.41, 5.74) is 1.94. The van der Waals surface area contributed by atoms with Gasteiger partial charge >= 0.3 is 0 Å². The van der Waals surface area contributed by atoms with E-state index in [9.17, 15) is 8.42 Å². The first-order valence-corrected chi connectivity index (χ1v) is 9.45. The summed E-state index contributed by atoms with van der Waals surface area (Å²) < 4.78 is 27.6. The Morgan fingerprint density at radius 1 is 1.09 bits per heavy atom. The Bertz CT molecular complexity index is 883. The number of nitriles is 1. The van der Waals surface area contributed by atoms with Gasteiger partial charge in [-0.1, -0.05) is 23.2 Å². The van der Waals surface area contributed by atoms with Crippen LogP contribution in [0, 0.1) is 24.5 Å². The highest BCUT2D eigenvalue weighted by molar-refractivity contribution is 8.03. The van der Waals surface area contributed by atoms with E-state index < -0.39 is 10.0 Å². The molecular formula is C15H12Cl2N2O2S2. The first-order valence-electron chi connectivity index (χ1n) is 6.39. The van der Waals surface area contributed by atoms with Crippen molar-refractivity contribution in [3.63, 3.8) is 0 Å². The lowest BCUT2D eigenvalue weighted by atomic mass is 10.1. The molecule has 4 nitrogen and oxygen atoms in total. The molecule has 0 saturated carbocycles. The van der Waals surface area contributed by atoms with Gasteiger partial charge in [0, 0.05) is 4.90 Å². The van der Waals surface area contributed by atoms with Crippen LogP contribution < -0.4 is 4.72 Å². The molecule has 120 valence electrons. The fraction of sp³-hybridized carbons (Fsp3) is 0.133. The van der Waals surface area contributed by atoms with Crippen molar-refractivity contribution in [1.82, 2.24) is 0 Å². The van der Waals surface area contributed by atoms with E-state index in [4.69, 9.17) is 28.5 Å². The topological polar surface area (TPSA) is 70.0 Å². The van der Waals surface area contributed by atoms with E-state index in [-0.39, 0.29) is 14.9 Å². The molecule has 0 amide bonds. The number of anilines is 1. The maximum absolute atomic E-state index is 12.5. The standard InChI is InChI=1S/C15H12Cl2N2O2S2/c1-9-5-11(22-8-18)6-10(2)15(9)19-23(20,21)12-3-4-13(16)14(17)7-12/h3-7,19H,1-2H3. The number of hydrogen-bond donors (Lipinski definition) is 1. The fourth-order valence-corrected chi connectivity index (χ4v) is 4.20. The number of aryl methyl sites for hydroxylation is 2. The summed E-state index contributed by atoms with van der Waals surface area (Å²) in [5, 5.41) is 11.2. The molecule has 0 heterocycles. The number of sulfonamides is 1. The Morgan fingerprint density at radius 3 is 2.22 bits per heavy atom. The second-order valence-corrected chi connectivity index (χ2v) is 8.16.